The first-order chi connectivity index (χ1) is 15.9. The van der Waals surface area contributed by atoms with Crippen LogP contribution in [0.25, 0.3) is 17.2 Å². The summed E-state index contributed by atoms with van der Waals surface area (Å²) in [7, 11) is 0. The standard InChI is InChI=1S/C25H27N7O/c1-15-9-20(14-33)5-6-22(15)24-26-11-21(12-27-24)31-8-7-19(13-31)10-23-16(2)28-25-29-18(4)30-32(25)17(23)3/h5-6,9,11-12,14,19H,7-8,10,13H2,1-4H3/t19-/m0/s1. The summed E-state index contributed by atoms with van der Waals surface area (Å²) < 4.78 is 1.86. The van der Waals surface area contributed by atoms with E-state index < -0.39 is 0 Å². The molecule has 168 valence electrons. The van der Waals surface area contributed by atoms with Gasteiger partial charge in [0.2, 0.25) is 0 Å². The molecule has 0 aliphatic carbocycles. The Labute approximate surface area is 192 Å². The van der Waals surface area contributed by atoms with Crippen LogP contribution < -0.4 is 4.90 Å². The molecule has 0 saturated carbocycles. The van der Waals surface area contributed by atoms with Gasteiger partial charge in [-0.15, -0.1) is 0 Å². The maximum Gasteiger partial charge on any atom is 0.252 e. The zero-order valence-corrected chi connectivity index (χ0v) is 19.4. The molecule has 0 radical (unpaired) electrons. The number of hydrogen-bond acceptors (Lipinski definition) is 7. The third-order valence-corrected chi connectivity index (χ3v) is 6.56. The Balaban J connectivity index is 1.31. The van der Waals surface area contributed by atoms with Gasteiger partial charge < -0.3 is 4.90 Å². The highest BCUT2D eigenvalue weighted by atomic mass is 16.1. The van der Waals surface area contributed by atoms with E-state index in [0.717, 1.165) is 66.2 Å². The summed E-state index contributed by atoms with van der Waals surface area (Å²) in [5.74, 6) is 2.63. The molecule has 1 aromatic carbocycles. The highest BCUT2D eigenvalue weighted by Crippen LogP contribution is 2.28. The van der Waals surface area contributed by atoms with Crippen LogP contribution in [0, 0.1) is 33.6 Å². The fourth-order valence-electron chi connectivity index (χ4n) is 4.76. The van der Waals surface area contributed by atoms with Gasteiger partial charge in [-0.1, -0.05) is 12.1 Å². The second kappa shape index (κ2) is 8.35. The molecule has 0 amide bonds. The zero-order valence-electron chi connectivity index (χ0n) is 19.4. The minimum atomic E-state index is 0.532. The SMILES string of the molecule is Cc1nc2nc(C)c(C[C@@H]3CCN(c4cnc(-c5ccc(C=O)cc5C)nc4)C3)c(C)n2n1. The van der Waals surface area contributed by atoms with Crippen molar-refractivity contribution in [3.63, 3.8) is 0 Å². The predicted octanol–water partition coefficient (Wildman–Crippen LogP) is 3.70. The summed E-state index contributed by atoms with van der Waals surface area (Å²) in [5, 5.41) is 4.50. The van der Waals surface area contributed by atoms with Gasteiger partial charge in [-0.2, -0.15) is 10.1 Å². The number of anilines is 1. The van der Waals surface area contributed by atoms with Gasteiger partial charge in [0.25, 0.3) is 5.78 Å². The van der Waals surface area contributed by atoms with Crippen LogP contribution in [0.15, 0.2) is 30.6 Å². The smallest absolute Gasteiger partial charge is 0.252 e. The Morgan fingerprint density at radius 1 is 1.09 bits per heavy atom. The van der Waals surface area contributed by atoms with Crippen LogP contribution in [-0.2, 0) is 6.42 Å². The Bertz CT molecular complexity index is 1340. The van der Waals surface area contributed by atoms with Crippen molar-refractivity contribution in [2.24, 2.45) is 5.92 Å². The highest BCUT2D eigenvalue weighted by Gasteiger charge is 2.25. The van der Waals surface area contributed by atoms with Crippen LogP contribution in [0.4, 0.5) is 5.69 Å². The van der Waals surface area contributed by atoms with Crippen molar-refractivity contribution in [1.29, 1.82) is 0 Å². The minimum absolute atomic E-state index is 0.532. The molecule has 4 heterocycles. The number of hydrogen-bond donors (Lipinski definition) is 0. The van der Waals surface area contributed by atoms with E-state index in [1.165, 1.54) is 5.56 Å². The number of benzene rings is 1. The van der Waals surface area contributed by atoms with Gasteiger partial charge in [-0.3, -0.25) is 4.79 Å². The second-order valence-corrected chi connectivity index (χ2v) is 8.89. The van der Waals surface area contributed by atoms with Gasteiger partial charge in [0.15, 0.2) is 5.82 Å². The van der Waals surface area contributed by atoms with E-state index in [9.17, 15) is 4.79 Å². The molecule has 1 aliphatic heterocycles. The number of fused-ring (bicyclic) bond motifs is 1. The summed E-state index contributed by atoms with van der Waals surface area (Å²) in [6, 6.07) is 5.57. The third kappa shape index (κ3) is 3.97. The summed E-state index contributed by atoms with van der Waals surface area (Å²) >= 11 is 0. The highest BCUT2D eigenvalue weighted by molar-refractivity contribution is 5.77. The number of rotatable bonds is 5. The molecule has 0 unspecified atom stereocenters. The quantitative estimate of drug-likeness (QED) is 0.436. The minimum Gasteiger partial charge on any atom is -0.369 e. The normalized spacial score (nSPS) is 16.0. The van der Waals surface area contributed by atoms with E-state index >= 15 is 0 Å². The molecular formula is C25H27N7O. The number of carbonyl (C=O) groups excluding carboxylic acids is 1. The molecule has 5 rings (SSSR count). The molecule has 0 bridgehead atoms. The van der Waals surface area contributed by atoms with Crippen molar-refractivity contribution in [1.82, 2.24) is 29.5 Å². The monoisotopic (exact) mass is 441 g/mol. The first-order valence-corrected chi connectivity index (χ1v) is 11.3. The van der Waals surface area contributed by atoms with Gasteiger partial charge in [-0.05, 0) is 63.6 Å². The van der Waals surface area contributed by atoms with Gasteiger partial charge >= 0.3 is 0 Å². The van der Waals surface area contributed by atoms with E-state index in [0.29, 0.717) is 23.1 Å². The molecule has 3 aromatic heterocycles. The fraction of sp³-hybridized carbons (Fsp3) is 0.360. The topological polar surface area (TPSA) is 89.2 Å². The lowest BCUT2D eigenvalue weighted by atomic mass is 9.96. The van der Waals surface area contributed by atoms with Gasteiger partial charge in [0, 0.05) is 35.6 Å². The number of nitrogens with zero attached hydrogens (tertiary/aromatic N) is 7. The summed E-state index contributed by atoms with van der Waals surface area (Å²) in [6.07, 6.45) is 6.74. The average Bonchev–Trinajstić information content (AvgIpc) is 3.43. The van der Waals surface area contributed by atoms with Gasteiger partial charge in [0.1, 0.15) is 12.1 Å². The molecule has 33 heavy (non-hydrogen) atoms. The molecule has 1 aliphatic rings. The molecule has 8 heteroatoms. The van der Waals surface area contributed by atoms with Crippen LogP contribution in [0.3, 0.4) is 0 Å². The van der Waals surface area contributed by atoms with E-state index in [-0.39, 0.29) is 0 Å². The zero-order chi connectivity index (χ0) is 23.1. The third-order valence-electron chi connectivity index (χ3n) is 6.56. The summed E-state index contributed by atoms with van der Waals surface area (Å²) in [5.41, 5.74) is 7.07. The number of aryl methyl sites for hydroxylation is 4. The molecule has 8 nitrogen and oxygen atoms in total. The number of aromatic nitrogens is 6. The molecule has 1 saturated heterocycles. The van der Waals surface area contributed by atoms with E-state index in [2.05, 4.69) is 43.8 Å². The molecule has 1 atom stereocenters. The predicted molar refractivity (Wildman–Crippen MR) is 127 cm³/mol. The molecular weight excluding hydrogens is 414 g/mol. The van der Waals surface area contributed by atoms with Crippen LogP contribution >= 0.6 is 0 Å². The fourth-order valence-corrected chi connectivity index (χ4v) is 4.76. The molecule has 4 aromatic rings. The largest absolute Gasteiger partial charge is 0.369 e. The maximum absolute atomic E-state index is 11.0. The number of aldehydes is 1. The van der Waals surface area contributed by atoms with Crippen molar-refractivity contribution in [2.75, 3.05) is 18.0 Å². The summed E-state index contributed by atoms with van der Waals surface area (Å²) in [6.45, 7) is 9.98. The van der Waals surface area contributed by atoms with Crippen molar-refractivity contribution in [3.8, 4) is 11.4 Å². The first kappa shape index (κ1) is 21.2. The van der Waals surface area contributed by atoms with Crippen molar-refractivity contribution in [2.45, 2.75) is 40.5 Å². The molecule has 0 N–H and O–H groups in total. The van der Waals surface area contributed by atoms with Gasteiger partial charge in [-0.25, -0.2) is 19.5 Å². The van der Waals surface area contributed by atoms with Crippen LogP contribution in [0.5, 0.6) is 0 Å². The van der Waals surface area contributed by atoms with Crippen molar-refractivity contribution < 1.29 is 4.79 Å². The second-order valence-electron chi connectivity index (χ2n) is 8.89. The van der Waals surface area contributed by atoms with Gasteiger partial charge in [0.05, 0.1) is 18.1 Å². The van der Waals surface area contributed by atoms with E-state index in [1.54, 1.807) is 6.07 Å². The maximum atomic E-state index is 11.0. The Hall–Kier alpha value is -3.68. The van der Waals surface area contributed by atoms with E-state index in [4.69, 9.17) is 0 Å². The van der Waals surface area contributed by atoms with Crippen molar-refractivity contribution in [3.05, 3.63) is 64.5 Å². The first-order valence-electron chi connectivity index (χ1n) is 11.3. The number of carbonyl (C=O) groups is 1. The lowest BCUT2D eigenvalue weighted by Crippen LogP contribution is -2.21. The Kier molecular flexibility index (Phi) is 5.36. The van der Waals surface area contributed by atoms with Crippen LogP contribution in [-0.4, -0.2) is 48.9 Å². The van der Waals surface area contributed by atoms with Crippen LogP contribution in [0.1, 0.15) is 45.1 Å². The molecule has 1 fully saturated rings. The lowest BCUT2D eigenvalue weighted by molar-refractivity contribution is 0.112. The van der Waals surface area contributed by atoms with E-state index in [1.807, 2.05) is 42.9 Å². The Morgan fingerprint density at radius 2 is 1.88 bits per heavy atom. The Morgan fingerprint density at radius 3 is 2.61 bits per heavy atom. The lowest BCUT2D eigenvalue weighted by Gasteiger charge is -2.19. The summed E-state index contributed by atoms with van der Waals surface area (Å²) in [4.78, 5) is 31.6. The molecule has 0 spiro atoms. The van der Waals surface area contributed by atoms with Crippen LogP contribution in [0.2, 0.25) is 0 Å². The average molecular weight is 442 g/mol. The van der Waals surface area contributed by atoms with Crippen molar-refractivity contribution >= 4 is 17.8 Å².